The summed E-state index contributed by atoms with van der Waals surface area (Å²) in [5, 5.41) is 11.7. The number of aliphatic carboxylic acids is 1. The Morgan fingerprint density at radius 3 is 2.24 bits per heavy atom. The number of hydrogen-bond donors (Lipinski definition) is 2. The van der Waals surface area contributed by atoms with Crippen LogP contribution in [0.5, 0.6) is 0 Å². The van der Waals surface area contributed by atoms with Crippen molar-refractivity contribution in [3.05, 3.63) is 34.3 Å². The SMILES string of the molecule is CC(NC(=O)CN(CC(=O)O)C(C)C)c1ccc(Br)cc1. The predicted octanol–water partition coefficient (Wildman–Crippen LogP) is 2.42. The van der Waals surface area contributed by atoms with Crippen LogP contribution in [0.15, 0.2) is 28.7 Å². The van der Waals surface area contributed by atoms with Crippen LogP contribution in [0.2, 0.25) is 0 Å². The smallest absolute Gasteiger partial charge is 0.317 e. The summed E-state index contributed by atoms with van der Waals surface area (Å²) in [5.41, 5.74) is 1.00. The highest BCUT2D eigenvalue weighted by molar-refractivity contribution is 9.10. The highest BCUT2D eigenvalue weighted by Gasteiger charge is 2.18. The summed E-state index contributed by atoms with van der Waals surface area (Å²) in [6.07, 6.45) is 0. The fourth-order valence-corrected chi connectivity index (χ4v) is 2.17. The normalized spacial score (nSPS) is 12.5. The number of hydrogen-bond acceptors (Lipinski definition) is 3. The Bertz CT molecular complexity index is 488. The number of nitrogens with zero attached hydrogens (tertiary/aromatic N) is 1. The molecule has 0 aromatic heterocycles. The summed E-state index contributed by atoms with van der Waals surface area (Å²) in [5.74, 6) is -1.11. The van der Waals surface area contributed by atoms with E-state index in [4.69, 9.17) is 5.11 Å². The molecule has 0 spiro atoms. The zero-order valence-corrected chi connectivity index (χ0v) is 14.1. The van der Waals surface area contributed by atoms with Gasteiger partial charge in [-0.2, -0.15) is 0 Å². The minimum Gasteiger partial charge on any atom is -0.480 e. The maximum atomic E-state index is 12.0. The fourth-order valence-electron chi connectivity index (χ4n) is 1.90. The third-order valence-electron chi connectivity index (χ3n) is 3.16. The van der Waals surface area contributed by atoms with E-state index in [0.717, 1.165) is 10.0 Å². The standard InChI is InChI=1S/C15H21BrN2O3/c1-10(2)18(9-15(20)21)8-14(19)17-11(3)12-4-6-13(16)7-5-12/h4-7,10-11H,8-9H2,1-3H3,(H,17,19)(H,20,21). The molecular formula is C15H21BrN2O3. The molecule has 0 aliphatic heterocycles. The molecule has 116 valence electrons. The van der Waals surface area contributed by atoms with Crippen LogP contribution < -0.4 is 5.32 Å². The van der Waals surface area contributed by atoms with E-state index in [-0.39, 0.29) is 31.1 Å². The van der Waals surface area contributed by atoms with Crippen molar-refractivity contribution in [3.8, 4) is 0 Å². The first kappa shape index (κ1) is 17.7. The summed E-state index contributed by atoms with van der Waals surface area (Å²) in [7, 11) is 0. The van der Waals surface area contributed by atoms with Crippen molar-refractivity contribution in [2.24, 2.45) is 0 Å². The lowest BCUT2D eigenvalue weighted by Crippen LogP contribution is -2.43. The van der Waals surface area contributed by atoms with Gasteiger partial charge in [0.2, 0.25) is 5.91 Å². The van der Waals surface area contributed by atoms with Crippen molar-refractivity contribution in [1.82, 2.24) is 10.2 Å². The Hall–Kier alpha value is -1.40. The maximum Gasteiger partial charge on any atom is 0.317 e. The van der Waals surface area contributed by atoms with E-state index in [1.54, 1.807) is 4.90 Å². The first-order chi connectivity index (χ1) is 9.79. The van der Waals surface area contributed by atoms with Gasteiger partial charge in [-0.15, -0.1) is 0 Å². The van der Waals surface area contributed by atoms with Crippen molar-refractivity contribution < 1.29 is 14.7 Å². The lowest BCUT2D eigenvalue weighted by molar-refractivity contribution is -0.139. The van der Waals surface area contributed by atoms with Gasteiger partial charge in [-0.05, 0) is 38.5 Å². The third-order valence-corrected chi connectivity index (χ3v) is 3.69. The number of carbonyl (C=O) groups is 2. The molecule has 6 heteroatoms. The van der Waals surface area contributed by atoms with Crippen LogP contribution in [0.4, 0.5) is 0 Å². The Kier molecular flexibility index (Phi) is 6.84. The van der Waals surface area contributed by atoms with Gasteiger partial charge in [0.1, 0.15) is 0 Å². The van der Waals surface area contributed by atoms with Gasteiger partial charge in [0.25, 0.3) is 0 Å². The average molecular weight is 357 g/mol. The van der Waals surface area contributed by atoms with E-state index in [9.17, 15) is 9.59 Å². The number of benzene rings is 1. The summed E-state index contributed by atoms with van der Waals surface area (Å²) in [6.45, 7) is 5.57. The Morgan fingerprint density at radius 2 is 1.76 bits per heavy atom. The first-order valence-corrected chi connectivity index (χ1v) is 7.59. The Balaban J connectivity index is 2.58. The van der Waals surface area contributed by atoms with Crippen LogP contribution >= 0.6 is 15.9 Å². The van der Waals surface area contributed by atoms with Crippen LogP contribution in [0.1, 0.15) is 32.4 Å². The number of nitrogens with one attached hydrogen (secondary N) is 1. The lowest BCUT2D eigenvalue weighted by Gasteiger charge is -2.24. The number of carboxylic acid groups (broad SMARTS) is 1. The second-order valence-corrected chi connectivity index (χ2v) is 6.15. The number of rotatable bonds is 7. The van der Waals surface area contributed by atoms with Gasteiger partial charge in [-0.25, -0.2) is 0 Å². The molecule has 1 aromatic rings. The van der Waals surface area contributed by atoms with E-state index in [0.29, 0.717) is 0 Å². The lowest BCUT2D eigenvalue weighted by atomic mass is 10.1. The van der Waals surface area contributed by atoms with Gasteiger partial charge in [0.05, 0.1) is 19.1 Å². The minimum absolute atomic E-state index is 0.00478. The molecule has 1 atom stereocenters. The number of carboxylic acids is 1. The second kappa shape index (κ2) is 8.14. The highest BCUT2D eigenvalue weighted by Crippen LogP contribution is 2.16. The molecule has 0 bridgehead atoms. The fraction of sp³-hybridized carbons (Fsp3) is 0.467. The molecule has 0 saturated heterocycles. The third kappa shape index (κ3) is 6.27. The van der Waals surface area contributed by atoms with E-state index < -0.39 is 5.97 Å². The van der Waals surface area contributed by atoms with Gasteiger partial charge in [-0.3, -0.25) is 14.5 Å². The molecule has 1 rings (SSSR count). The molecule has 5 nitrogen and oxygen atoms in total. The van der Waals surface area contributed by atoms with Crippen LogP contribution in [-0.4, -0.2) is 41.0 Å². The number of carbonyl (C=O) groups excluding carboxylic acids is 1. The van der Waals surface area contributed by atoms with Gasteiger partial charge >= 0.3 is 5.97 Å². The van der Waals surface area contributed by atoms with Gasteiger partial charge in [0, 0.05) is 10.5 Å². The van der Waals surface area contributed by atoms with Crippen LogP contribution in [0, 0.1) is 0 Å². The van der Waals surface area contributed by atoms with Crippen molar-refractivity contribution in [1.29, 1.82) is 0 Å². The molecule has 2 N–H and O–H groups in total. The molecule has 0 saturated carbocycles. The van der Waals surface area contributed by atoms with Crippen molar-refractivity contribution in [2.75, 3.05) is 13.1 Å². The van der Waals surface area contributed by atoms with Gasteiger partial charge in [-0.1, -0.05) is 28.1 Å². The van der Waals surface area contributed by atoms with E-state index >= 15 is 0 Å². The molecule has 1 aromatic carbocycles. The largest absolute Gasteiger partial charge is 0.480 e. The van der Waals surface area contributed by atoms with Crippen molar-refractivity contribution in [3.63, 3.8) is 0 Å². The summed E-state index contributed by atoms with van der Waals surface area (Å²) in [4.78, 5) is 24.4. The molecular weight excluding hydrogens is 336 g/mol. The molecule has 0 aliphatic carbocycles. The van der Waals surface area contributed by atoms with Gasteiger partial charge in [0.15, 0.2) is 0 Å². The number of halogens is 1. The summed E-state index contributed by atoms with van der Waals surface area (Å²) in [6, 6.07) is 7.59. The topological polar surface area (TPSA) is 69.6 Å². The maximum absolute atomic E-state index is 12.0. The second-order valence-electron chi connectivity index (χ2n) is 5.23. The van der Waals surface area contributed by atoms with Crippen molar-refractivity contribution in [2.45, 2.75) is 32.9 Å². The zero-order valence-electron chi connectivity index (χ0n) is 12.5. The van der Waals surface area contributed by atoms with E-state index in [2.05, 4.69) is 21.2 Å². The number of amides is 1. The molecule has 0 aliphatic rings. The first-order valence-electron chi connectivity index (χ1n) is 6.80. The molecule has 21 heavy (non-hydrogen) atoms. The monoisotopic (exact) mass is 356 g/mol. The van der Waals surface area contributed by atoms with Crippen LogP contribution in [0.25, 0.3) is 0 Å². The Labute approximate surface area is 133 Å². The molecule has 0 heterocycles. The van der Waals surface area contributed by atoms with Gasteiger partial charge < -0.3 is 10.4 Å². The summed E-state index contributed by atoms with van der Waals surface area (Å²) >= 11 is 3.37. The van der Waals surface area contributed by atoms with Crippen molar-refractivity contribution >= 4 is 27.8 Å². The van der Waals surface area contributed by atoms with Crippen LogP contribution in [0.3, 0.4) is 0 Å². The molecule has 1 unspecified atom stereocenters. The van der Waals surface area contributed by atoms with E-state index in [1.165, 1.54) is 0 Å². The molecule has 0 fully saturated rings. The Morgan fingerprint density at radius 1 is 1.19 bits per heavy atom. The zero-order chi connectivity index (χ0) is 16.0. The molecule has 1 amide bonds. The highest BCUT2D eigenvalue weighted by atomic mass is 79.9. The summed E-state index contributed by atoms with van der Waals surface area (Å²) < 4.78 is 0.984. The predicted molar refractivity (Wildman–Crippen MR) is 85.0 cm³/mol. The minimum atomic E-state index is -0.933. The molecule has 0 radical (unpaired) electrons. The van der Waals surface area contributed by atoms with Crippen LogP contribution in [-0.2, 0) is 9.59 Å². The van der Waals surface area contributed by atoms with E-state index in [1.807, 2.05) is 45.0 Å². The quantitative estimate of drug-likeness (QED) is 0.786. The average Bonchev–Trinajstić information content (AvgIpc) is 2.37.